The number of carbonyl (C=O) groups is 1. The van der Waals surface area contributed by atoms with E-state index in [1.165, 1.54) is 23.5 Å². The van der Waals surface area contributed by atoms with Crippen molar-refractivity contribution in [1.29, 1.82) is 0 Å². The summed E-state index contributed by atoms with van der Waals surface area (Å²) in [7, 11) is 0. The van der Waals surface area contributed by atoms with Gasteiger partial charge in [0.2, 0.25) is 0 Å². The summed E-state index contributed by atoms with van der Waals surface area (Å²) in [6.45, 7) is 2.07. The highest BCUT2D eigenvalue weighted by atomic mass is 32.1. The van der Waals surface area contributed by atoms with Crippen LogP contribution in [0.2, 0.25) is 0 Å². The van der Waals surface area contributed by atoms with Crippen LogP contribution in [0.3, 0.4) is 0 Å². The first kappa shape index (κ1) is 14.5. The van der Waals surface area contributed by atoms with Crippen molar-refractivity contribution >= 4 is 32.4 Å². The maximum absolute atomic E-state index is 13.0. The van der Waals surface area contributed by atoms with E-state index in [-0.39, 0.29) is 5.82 Å². The van der Waals surface area contributed by atoms with Gasteiger partial charge in [-0.25, -0.2) is 9.18 Å². The fraction of sp³-hybridized carbons (Fsp3) is 0.118. The molecule has 5 heteroatoms. The molecule has 0 unspecified atom stereocenters. The zero-order valence-electron chi connectivity index (χ0n) is 11.9. The van der Waals surface area contributed by atoms with Crippen molar-refractivity contribution in [3.05, 3.63) is 53.8 Å². The van der Waals surface area contributed by atoms with Gasteiger partial charge in [0.1, 0.15) is 16.4 Å². The molecule has 1 heterocycles. The molecule has 0 fully saturated rings. The Balaban J connectivity index is 2.08. The largest absolute Gasteiger partial charge is 0.462 e. The van der Waals surface area contributed by atoms with Gasteiger partial charge >= 0.3 is 5.97 Å². The van der Waals surface area contributed by atoms with Crippen LogP contribution in [0.15, 0.2) is 42.5 Å². The summed E-state index contributed by atoms with van der Waals surface area (Å²) in [6.07, 6.45) is 0. The van der Waals surface area contributed by atoms with Crippen molar-refractivity contribution in [2.24, 2.45) is 0 Å². The van der Waals surface area contributed by atoms with E-state index in [2.05, 4.69) is 0 Å². The van der Waals surface area contributed by atoms with Crippen molar-refractivity contribution in [3.63, 3.8) is 0 Å². The van der Waals surface area contributed by atoms with Crippen LogP contribution in [-0.4, -0.2) is 12.6 Å². The minimum absolute atomic E-state index is 0.269. The number of fused-ring (bicyclic) bond motifs is 1. The number of benzene rings is 2. The zero-order valence-corrected chi connectivity index (χ0v) is 12.7. The molecule has 112 valence electrons. The molecular formula is C17H14FNO2S. The number of thiophene rings is 1. The van der Waals surface area contributed by atoms with E-state index >= 15 is 0 Å². The quantitative estimate of drug-likeness (QED) is 0.726. The Morgan fingerprint density at radius 1 is 1.18 bits per heavy atom. The minimum Gasteiger partial charge on any atom is -0.462 e. The van der Waals surface area contributed by atoms with Gasteiger partial charge in [-0.05, 0) is 36.2 Å². The van der Waals surface area contributed by atoms with Gasteiger partial charge in [-0.2, -0.15) is 0 Å². The predicted molar refractivity (Wildman–Crippen MR) is 87.6 cm³/mol. The van der Waals surface area contributed by atoms with E-state index in [0.717, 1.165) is 21.2 Å². The van der Waals surface area contributed by atoms with Gasteiger partial charge < -0.3 is 10.5 Å². The third-order valence-electron chi connectivity index (χ3n) is 3.37. The maximum Gasteiger partial charge on any atom is 0.341 e. The van der Waals surface area contributed by atoms with Crippen LogP contribution in [0.4, 0.5) is 9.39 Å². The highest BCUT2D eigenvalue weighted by molar-refractivity contribution is 7.23. The minimum atomic E-state index is -0.402. The van der Waals surface area contributed by atoms with E-state index in [9.17, 15) is 9.18 Å². The van der Waals surface area contributed by atoms with Gasteiger partial charge in [0.05, 0.1) is 6.61 Å². The van der Waals surface area contributed by atoms with Gasteiger partial charge in [0.25, 0.3) is 0 Å². The van der Waals surface area contributed by atoms with Gasteiger partial charge in [-0.1, -0.05) is 24.3 Å². The van der Waals surface area contributed by atoms with Crippen LogP contribution < -0.4 is 5.73 Å². The van der Waals surface area contributed by atoms with E-state index in [1.807, 2.05) is 18.2 Å². The number of esters is 1. The number of anilines is 1. The second-order valence-corrected chi connectivity index (χ2v) is 5.86. The molecule has 0 saturated heterocycles. The molecule has 0 aliphatic rings. The Morgan fingerprint density at radius 2 is 1.86 bits per heavy atom. The fourth-order valence-electron chi connectivity index (χ4n) is 2.35. The lowest BCUT2D eigenvalue weighted by atomic mass is 10.0. The SMILES string of the molecule is CCOC(=O)c1c(N)sc2cc(-c3ccc(F)cc3)ccc12. The molecular weight excluding hydrogens is 301 g/mol. The molecule has 3 nitrogen and oxygen atoms in total. The van der Waals surface area contributed by atoms with Crippen molar-refractivity contribution in [2.75, 3.05) is 12.3 Å². The van der Waals surface area contributed by atoms with Gasteiger partial charge in [0.15, 0.2) is 0 Å². The standard InChI is InChI=1S/C17H14FNO2S/c1-2-21-17(20)15-13-8-5-11(9-14(13)22-16(15)19)10-3-6-12(18)7-4-10/h3-9H,2,19H2,1H3. The molecule has 3 rings (SSSR count). The molecule has 0 aliphatic carbocycles. The maximum atomic E-state index is 13.0. The van der Waals surface area contributed by atoms with Crippen molar-refractivity contribution in [3.8, 4) is 11.1 Å². The van der Waals surface area contributed by atoms with Gasteiger partial charge in [-0.15, -0.1) is 11.3 Å². The first-order valence-electron chi connectivity index (χ1n) is 6.85. The van der Waals surface area contributed by atoms with Crippen LogP contribution in [0.5, 0.6) is 0 Å². The molecule has 0 saturated carbocycles. The number of nitrogens with two attached hydrogens (primary N) is 1. The number of nitrogen functional groups attached to an aromatic ring is 1. The Hall–Kier alpha value is -2.40. The summed E-state index contributed by atoms with van der Waals surface area (Å²) in [5.74, 6) is -0.671. The normalized spacial score (nSPS) is 10.8. The molecule has 0 aliphatic heterocycles. The highest BCUT2D eigenvalue weighted by Gasteiger charge is 2.18. The average molecular weight is 315 g/mol. The summed E-state index contributed by atoms with van der Waals surface area (Å²) >= 11 is 1.35. The monoisotopic (exact) mass is 315 g/mol. The van der Waals surface area contributed by atoms with Gasteiger partial charge in [-0.3, -0.25) is 0 Å². The molecule has 1 aromatic heterocycles. The number of ether oxygens (including phenoxy) is 1. The summed E-state index contributed by atoms with van der Waals surface area (Å²) in [6, 6.07) is 12.0. The van der Waals surface area contributed by atoms with E-state index in [0.29, 0.717) is 17.2 Å². The molecule has 0 amide bonds. The zero-order chi connectivity index (χ0) is 15.7. The van der Waals surface area contributed by atoms with Crippen LogP contribution in [-0.2, 0) is 4.74 Å². The molecule has 2 N–H and O–H groups in total. The summed E-state index contributed by atoms with van der Waals surface area (Å²) < 4.78 is 19.0. The third kappa shape index (κ3) is 2.55. The predicted octanol–water partition coefficient (Wildman–Crippen LogP) is 4.47. The highest BCUT2D eigenvalue weighted by Crippen LogP contribution is 2.36. The first-order chi connectivity index (χ1) is 10.6. The topological polar surface area (TPSA) is 52.3 Å². The van der Waals surface area contributed by atoms with E-state index in [1.54, 1.807) is 19.1 Å². The Kier molecular flexibility index (Phi) is 3.81. The van der Waals surface area contributed by atoms with Crippen LogP contribution in [0.1, 0.15) is 17.3 Å². The molecule has 3 aromatic rings. The second-order valence-electron chi connectivity index (χ2n) is 4.78. The lowest BCUT2D eigenvalue weighted by Gasteiger charge is -2.03. The Bertz CT molecular complexity index is 840. The van der Waals surface area contributed by atoms with Crippen molar-refractivity contribution < 1.29 is 13.9 Å². The van der Waals surface area contributed by atoms with Crippen molar-refractivity contribution in [2.45, 2.75) is 6.92 Å². The summed E-state index contributed by atoms with van der Waals surface area (Å²) in [5.41, 5.74) is 8.24. The van der Waals surface area contributed by atoms with Crippen LogP contribution >= 0.6 is 11.3 Å². The molecule has 0 spiro atoms. The second kappa shape index (κ2) is 5.77. The molecule has 0 bridgehead atoms. The lowest BCUT2D eigenvalue weighted by molar-refractivity contribution is 0.0530. The lowest BCUT2D eigenvalue weighted by Crippen LogP contribution is -2.05. The van der Waals surface area contributed by atoms with Crippen molar-refractivity contribution in [1.82, 2.24) is 0 Å². The van der Waals surface area contributed by atoms with E-state index in [4.69, 9.17) is 10.5 Å². The molecule has 2 aromatic carbocycles. The Labute approximate surface area is 131 Å². The molecule has 0 radical (unpaired) electrons. The molecule has 0 atom stereocenters. The Morgan fingerprint density at radius 3 is 2.55 bits per heavy atom. The van der Waals surface area contributed by atoms with Gasteiger partial charge in [0, 0.05) is 10.1 Å². The fourth-order valence-corrected chi connectivity index (χ4v) is 3.35. The first-order valence-corrected chi connectivity index (χ1v) is 7.67. The van der Waals surface area contributed by atoms with E-state index < -0.39 is 5.97 Å². The summed E-state index contributed by atoms with van der Waals surface area (Å²) in [4.78, 5) is 12.0. The number of carbonyl (C=O) groups excluding carboxylic acids is 1. The average Bonchev–Trinajstić information content (AvgIpc) is 2.83. The third-order valence-corrected chi connectivity index (χ3v) is 4.36. The number of hydrogen-bond acceptors (Lipinski definition) is 4. The smallest absolute Gasteiger partial charge is 0.341 e. The van der Waals surface area contributed by atoms with Crippen LogP contribution in [0, 0.1) is 5.82 Å². The molecule has 22 heavy (non-hydrogen) atoms. The summed E-state index contributed by atoms with van der Waals surface area (Å²) in [5, 5.41) is 1.23. The number of halogens is 1. The number of rotatable bonds is 3. The number of hydrogen-bond donors (Lipinski definition) is 1. The van der Waals surface area contributed by atoms with Crippen LogP contribution in [0.25, 0.3) is 21.2 Å².